The zero-order chi connectivity index (χ0) is 14.1. The first-order valence-electron chi connectivity index (χ1n) is 7.68. The normalized spacial score (nSPS) is 28.1. The summed E-state index contributed by atoms with van der Waals surface area (Å²) in [7, 11) is 0. The Balaban J connectivity index is 1.76. The van der Waals surface area contributed by atoms with E-state index in [1.807, 2.05) is 4.57 Å². The second kappa shape index (κ2) is 5.69. The Labute approximate surface area is 119 Å². The van der Waals surface area contributed by atoms with Gasteiger partial charge in [-0.2, -0.15) is 9.78 Å². The van der Waals surface area contributed by atoms with E-state index >= 15 is 0 Å². The molecular weight excluding hydrogens is 256 g/mol. The van der Waals surface area contributed by atoms with Gasteiger partial charge < -0.3 is 4.74 Å². The van der Waals surface area contributed by atoms with Crippen LogP contribution in [0.3, 0.4) is 0 Å². The monoisotopic (exact) mass is 280 g/mol. The van der Waals surface area contributed by atoms with Crippen molar-refractivity contribution >= 4 is 0 Å². The summed E-state index contributed by atoms with van der Waals surface area (Å²) < 4.78 is 9.22. The van der Waals surface area contributed by atoms with E-state index in [0.717, 1.165) is 44.7 Å². The largest absolute Gasteiger partial charge is 0.373 e. The smallest absolute Gasteiger partial charge is 0.347 e. The topological polar surface area (TPSA) is 52.3 Å². The van der Waals surface area contributed by atoms with Crippen molar-refractivity contribution in [1.82, 2.24) is 19.2 Å². The van der Waals surface area contributed by atoms with Crippen LogP contribution in [-0.2, 0) is 24.4 Å². The van der Waals surface area contributed by atoms with Gasteiger partial charge >= 0.3 is 5.69 Å². The molecule has 2 aliphatic heterocycles. The summed E-state index contributed by atoms with van der Waals surface area (Å²) in [6.07, 6.45) is 4.79. The molecule has 1 aromatic heterocycles. The van der Waals surface area contributed by atoms with E-state index < -0.39 is 0 Å². The fourth-order valence-corrected chi connectivity index (χ4v) is 3.31. The molecule has 0 aromatic carbocycles. The lowest BCUT2D eigenvalue weighted by molar-refractivity contribution is -0.0779. The lowest BCUT2D eigenvalue weighted by Gasteiger charge is -2.34. The van der Waals surface area contributed by atoms with Crippen molar-refractivity contribution in [2.45, 2.75) is 65.0 Å². The molecule has 0 amide bonds. The number of rotatable bonds is 2. The van der Waals surface area contributed by atoms with E-state index in [0.29, 0.717) is 6.67 Å². The van der Waals surface area contributed by atoms with Gasteiger partial charge in [-0.1, -0.05) is 6.42 Å². The average Bonchev–Trinajstić information content (AvgIpc) is 2.57. The minimum absolute atomic E-state index is 0.0497. The molecule has 1 aromatic rings. The van der Waals surface area contributed by atoms with Gasteiger partial charge in [-0.3, -0.25) is 9.47 Å². The van der Waals surface area contributed by atoms with Crippen molar-refractivity contribution in [3.8, 4) is 0 Å². The maximum Gasteiger partial charge on any atom is 0.347 e. The summed E-state index contributed by atoms with van der Waals surface area (Å²) >= 11 is 0. The number of ether oxygens (including phenoxy) is 1. The zero-order valence-corrected chi connectivity index (χ0v) is 12.4. The van der Waals surface area contributed by atoms with E-state index in [-0.39, 0.29) is 17.9 Å². The molecule has 3 heterocycles. The average molecular weight is 280 g/mol. The maximum atomic E-state index is 12.4. The van der Waals surface area contributed by atoms with E-state index in [1.54, 1.807) is 4.68 Å². The first-order chi connectivity index (χ1) is 9.63. The highest BCUT2D eigenvalue weighted by Crippen LogP contribution is 2.13. The highest BCUT2D eigenvalue weighted by atomic mass is 16.5. The highest BCUT2D eigenvalue weighted by molar-refractivity contribution is 4.90. The van der Waals surface area contributed by atoms with E-state index in [2.05, 4.69) is 23.8 Å². The van der Waals surface area contributed by atoms with E-state index in [1.165, 1.54) is 6.42 Å². The number of hydrogen-bond acceptors (Lipinski definition) is 4. The van der Waals surface area contributed by atoms with Gasteiger partial charge in [0.1, 0.15) is 5.82 Å². The summed E-state index contributed by atoms with van der Waals surface area (Å²) in [5.41, 5.74) is 0.0497. The number of aryl methyl sites for hydroxylation is 1. The Hall–Kier alpha value is -1.14. The van der Waals surface area contributed by atoms with E-state index in [4.69, 9.17) is 4.74 Å². The lowest BCUT2D eigenvalue weighted by Crippen LogP contribution is -2.47. The van der Waals surface area contributed by atoms with Crippen LogP contribution >= 0.6 is 0 Å². The molecule has 0 radical (unpaired) electrons. The third-order valence-corrected chi connectivity index (χ3v) is 4.11. The van der Waals surface area contributed by atoms with Gasteiger partial charge in [0.25, 0.3) is 0 Å². The Morgan fingerprint density at radius 3 is 2.70 bits per heavy atom. The van der Waals surface area contributed by atoms with Crippen molar-refractivity contribution in [2.75, 3.05) is 13.1 Å². The predicted molar refractivity (Wildman–Crippen MR) is 75.6 cm³/mol. The van der Waals surface area contributed by atoms with Crippen LogP contribution in [0.2, 0.25) is 0 Å². The van der Waals surface area contributed by atoms with E-state index in [9.17, 15) is 4.79 Å². The van der Waals surface area contributed by atoms with Crippen molar-refractivity contribution in [2.24, 2.45) is 0 Å². The summed E-state index contributed by atoms with van der Waals surface area (Å²) in [5, 5.41) is 4.54. The minimum Gasteiger partial charge on any atom is -0.373 e. The van der Waals surface area contributed by atoms with Crippen molar-refractivity contribution < 1.29 is 4.74 Å². The van der Waals surface area contributed by atoms with Crippen LogP contribution in [-0.4, -0.2) is 44.5 Å². The van der Waals surface area contributed by atoms with Gasteiger partial charge in [-0.25, -0.2) is 4.79 Å². The minimum atomic E-state index is 0.0497. The number of aromatic nitrogens is 3. The molecule has 1 saturated heterocycles. The molecule has 3 rings (SSSR count). The molecule has 0 spiro atoms. The Morgan fingerprint density at radius 1 is 1.20 bits per heavy atom. The summed E-state index contributed by atoms with van der Waals surface area (Å²) in [5.74, 6) is 0.960. The van der Waals surface area contributed by atoms with Crippen LogP contribution in [0.25, 0.3) is 0 Å². The first kappa shape index (κ1) is 13.8. The number of nitrogens with zero attached hydrogens (tertiary/aromatic N) is 4. The molecule has 2 atom stereocenters. The predicted octanol–water partition coefficient (Wildman–Crippen LogP) is 0.838. The van der Waals surface area contributed by atoms with Gasteiger partial charge in [0.2, 0.25) is 0 Å². The van der Waals surface area contributed by atoms with Crippen LogP contribution in [0.4, 0.5) is 0 Å². The van der Waals surface area contributed by atoms with Crippen LogP contribution in [0.15, 0.2) is 4.79 Å². The van der Waals surface area contributed by atoms with Crippen LogP contribution in [0.5, 0.6) is 0 Å². The first-order valence-corrected chi connectivity index (χ1v) is 7.68. The maximum absolute atomic E-state index is 12.4. The molecule has 0 aliphatic carbocycles. The molecule has 2 unspecified atom stereocenters. The molecule has 6 heteroatoms. The molecule has 0 bridgehead atoms. The molecule has 112 valence electrons. The summed E-state index contributed by atoms with van der Waals surface area (Å²) in [6.45, 7) is 7.28. The second-order valence-corrected chi connectivity index (χ2v) is 6.10. The second-order valence-electron chi connectivity index (χ2n) is 6.10. The number of hydrogen-bond donors (Lipinski definition) is 0. The third kappa shape index (κ3) is 2.81. The van der Waals surface area contributed by atoms with Crippen molar-refractivity contribution in [1.29, 1.82) is 0 Å². The quantitative estimate of drug-likeness (QED) is 0.805. The Kier molecular flexibility index (Phi) is 3.94. The van der Waals surface area contributed by atoms with Crippen molar-refractivity contribution in [3.63, 3.8) is 0 Å². The van der Waals surface area contributed by atoms with Gasteiger partial charge in [0, 0.05) is 26.1 Å². The summed E-state index contributed by atoms with van der Waals surface area (Å²) in [6, 6.07) is 0. The van der Waals surface area contributed by atoms with Crippen LogP contribution in [0, 0.1) is 0 Å². The van der Waals surface area contributed by atoms with Gasteiger partial charge in [0.15, 0.2) is 0 Å². The fourth-order valence-electron chi connectivity index (χ4n) is 3.31. The van der Waals surface area contributed by atoms with Crippen molar-refractivity contribution in [3.05, 3.63) is 16.3 Å². The van der Waals surface area contributed by atoms with Crippen LogP contribution in [0.1, 0.15) is 38.9 Å². The molecule has 2 aliphatic rings. The molecule has 1 fully saturated rings. The molecule has 0 saturated carbocycles. The van der Waals surface area contributed by atoms with Gasteiger partial charge in [-0.15, -0.1) is 0 Å². The highest BCUT2D eigenvalue weighted by Gasteiger charge is 2.24. The molecule has 0 N–H and O–H groups in total. The zero-order valence-electron chi connectivity index (χ0n) is 12.4. The SMILES string of the molecule is CC1CN(Cn2nc3n(c2=O)CCCCC3)CC(C)O1. The molecule has 6 nitrogen and oxygen atoms in total. The standard InChI is InChI=1S/C14H24N4O2/c1-11-8-16(9-12(2)20-11)10-18-14(19)17-7-5-3-4-6-13(17)15-18/h11-12H,3-10H2,1-2H3. The van der Waals surface area contributed by atoms with Crippen LogP contribution < -0.4 is 5.69 Å². The lowest BCUT2D eigenvalue weighted by atomic mass is 10.2. The summed E-state index contributed by atoms with van der Waals surface area (Å²) in [4.78, 5) is 14.7. The number of morpholine rings is 1. The number of fused-ring (bicyclic) bond motifs is 1. The molecular formula is C14H24N4O2. The third-order valence-electron chi connectivity index (χ3n) is 4.11. The molecule has 20 heavy (non-hydrogen) atoms. The Bertz CT molecular complexity index is 512. The van der Waals surface area contributed by atoms with Gasteiger partial charge in [-0.05, 0) is 26.7 Å². The van der Waals surface area contributed by atoms with Gasteiger partial charge in [0.05, 0.1) is 18.9 Å². The Morgan fingerprint density at radius 2 is 1.95 bits per heavy atom. The fraction of sp³-hybridized carbons (Fsp3) is 0.857.